The van der Waals surface area contributed by atoms with Crippen molar-refractivity contribution in [2.75, 3.05) is 36.8 Å². The molecule has 146 valence electrons. The van der Waals surface area contributed by atoms with Crippen molar-refractivity contribution in [2.45, 2.75) is 6.54 Å². The van der Waals surface area contributed by atoms with E-state index in [1.54, 1.807) is 6.07 Å². The van der Waals surface area contributed by atoms with Gasteiger partial charge in [-0.05, 0) is 18.2 Å². The normalized spacial score (nSPS) is 14.7. The van der Waals surface area contributed by atoms with E-state index in [0.29, 0.717) is 36.8 Å². The molecule has 1 saturated heterocycles. The molecule has 2 aromatic carbocycles. The molecule has 9 nitrogen and oxygen atoms in total. The van der Waals surface area contributed by atoms with E-state index in [1.807, 2.05) is 24.3 Å². The van der Waals surface area contributed by atoms with Gasteiger partial charge in [0.05, 0.1) is 28.2 Å². The Labute approximate surface area is 167 Å². The number of rotatable bonds is 4. The number of nitro benzene ring substituents is 1. The summed E-state index contributed by atoms with van der Waals surface area (Å²) in [6.45, 7) is 3.52. The van der Waals surface area contributed by atoms with Crippen LogP contribution < -0.4 is 10.6 Å². The lowest BCUT2D eigenvalue weighted by atomic mass is 10.1. The molecule has 0 bridgehead atoms. The number of nitrogen functional groups attached to an aromatic ring is 1. The fourth-order valence-corrected chi connectivity index (χ4v) is 3.57. The third-order valence-corrected chi connectivity index (χ3v) is 5.07. The molecule has 0 atom stereocenters. The van der Waals surface area contributed by atoms with E-state index in [4.69, 9.17) is 5.73 Å². The number of nitrogens with zero attached hydrogens (tertiary/aromatic N) is 6. The molecule has 0 spiro atoms. The van der Waals surface area contributed by atoms with Gasteiger partial charge in [0.15, 0.2) is 0 Å². The summed E-state index contributed by atoms with van der Waals surface area (Å²) >= 11 is 0. The van der Waals surface area contributed by atoms with E-state index < -0.39 is 4.92 Å². The average Bonchev–Trinajstić information content (AvgIpc) is 2.74. The monoisotopic (exact) mass is 389 g/mol. The second-order valence-electron chi connectivity index (χ2n) is 6.88. The Morgan fingerprint density at radius 3 is 2.62 bits per heavy atom. The molecule has 1 aromatic heterocycles. The van der Waals surface area contributed by atoms with Gasteiger partial charge in [-0.25, -0.2) is 9.97 Å². The van der Waals surface area contributed by atoms with Crippen LogP contribution in [0.5, 0.6) is 0 Å². The topological polar surface area (TPSA) is 125 Å². The maximum absolute atomic E-state index is 10.9. The molecule has 0 amide bonds. The summed E-state index contributed by atoms with van der Waals surface area (Å²) in [7, 11) is 0. The Morgan fingerprint density at radius 2 is 1.90 bits per heavy atom. The Kier molecular flexibility index (Phi) is 4.93. The number of benzene rings is 2. The second-order valence-corrected chi connectivity index (χ2v) is 6.88. The lowest BCUT2D eigenvalue weighted by Gasteiger charge is -2.36. The third-order valence-electron chi connectivity index (χ3n) is 5.07. The van der Waals surface area contributed by atoms with E-state index in [2.05, 4.69) is 25.8 Å². The number of non-ortho nitro benzene ring substituents is 1. The van der Waals surface area contributed by atoms with Crippen LogP contribution in [0.1, 0.15) is 11.4 Å². The third kappa shape index (κ3) is 3.79. The molecule has 1 aliphatic rings. The van der Waals surface area contributed by atoms with Crippen molar-refractivity contribution in [1.29, 1.82) is 5.26 Å². The van der Waals surface area contributed by atoms with E-state index in [9.17, 15) is 15.4 Å². The quantitative estimate of drug-likeness (QED) is 0.532. The first-order valence-corrected chi connectivity index (χ1v) is 9.22. The van der Waals surface area contributed by atoms with Gasteiger partial charge >= 0.3 is 0 Å². The first kappa shape index (κ1) is 18.6. The molecule has 0 radical (unpaired) electrons. The van der Waals surface area contributed by atoms with Gasteiger partial charge in [-0.1, -0.05) is 12.1 Å². The molecule has 0 saturated carbocycles. The lowest BCUT2D eigenvalue weighted by Crippen LogP contribution is -2.46. The van der Waals surface area contributed by atoms with Crippen LogP contribution in [0.3, 0.4) is 0 Å². The highest BCUT2D eigenvalue weighted by Gasteiger charge is 2.22. The summed E-state index contributed by atoms with van der Waals surface area (Å²) in [5, 5.41) is 21.2. The summed E-state index contributed by atoms with van der Waals surface area (Å²) in [4.78, 5) is 23.8. The van der Waals surface area contributed by atoms with E-state index in [-0.39, 0.29) is 5.69 Å². The van der Waals surface area contributed by atoms with Crippen LogP contribution in [0.4, 0.5) is 17.2 Å². The van der Waals surface area contributed by atoms with Crippen LogP contribution in [0.15, 0.2) is 42.5 Å². The van der Waals surface area contributed by atoms with E-state index >= 15 is 0 Å². The fourth-order valence-electron chi connectivity index (χ4n) is 3.57. The number of aromatic nitrogens is 2. The highest BCUT2D eigenvalue weighted by atomic mass is 16.6. The van der Waals surface area contributed by atoms with Crippen molar-refractivity contribution >= 4 is 28.1 Å². The second kappa shape index (κ2) is 7.69. The zero-order valence-electron chi connectivity index (χ0n) is 15.7. The molecule has 1 aliphatic heterocycles. The van der Waals surface area contributed by atoms with Gasteiger partial charge in [-0.3, -0.25) is 15.0 Å². The van der Waals surface area contributed by atoms with Crippen molar-refractivity contribution in [2.24, 2.45) is 0 Å². The molecule has 3 aromatic rings. The standard InChI is InChI=1S/C20H19N7O2/c21-12-14-11-15(27(28)29)5-6-18(14)26-9-7-25(8-10-26)13-19-23-17-4-2-1-3-16(17)20(22)24-19/h1-6,11H,7-10,13H2,(H2,22,23,24). The molecule has 2 N–H and O–H groups in total. The SMILES string of the molecule is N#Cc1cc([N+](=O)[O-])ccc1N1CCN(Cc2nc(N)c3ccccc3n2)CC1. The van der Waals surface area contributed by atoms with Gasteiger partial charge in [-0.2, -0.15) is 5.26 Å². The highest BCUT2D eigenvalue weighted by Crippen LogP contribution is 2.26. The van der Waals surface area contributed by atoms with Crippen molar-refractivity contribution < 1.29 is 4.92 Å². The number of nitriles is 1. The predicted octanol–water partition coefficient (Wildman–Crippen LogP) is 2.31. The molecular weight excluding hydrogens is 370 g/mol. The Hall–Kier alpha value is -3.77. The van der Waals surface area contributed by atoms with Crippen molar-refractivity contribution in [3.8, 4) is 6.07 Å². The minimum Gasteiger partial charge on any atom is -0.383 e. The van der Waals surface area contributed by atoms with Crippen molar-refractivity contribution in [1.82, 2.24) is 14.9 Å². The minimum atomic E-state index is -0.488. The first-order valence-electron chi connectivity index (χ1n) is 9.22. The molecule has 29 heavy (non-hydrogen) atoms. The molecule has 0 aliphatic carbocycles. The Morgan fingerprint density at radius 1 is 1.14 bits per heavy atom. The maximum Gasteiger partial charge on any atom is 0.270 e. The summed E-state index contributed by atoms with van der Waals surface area (Å²) in [5.74, 6) is 1.16. The van der Waals surface area contributed by atoms with Crippen LogP contribution in [-0.2, 0) is 6.54 Å². The van der Waals surface area contributed by atoms with Gasteiger partial charge in [0.25, 0.3) is 5.69 Å². The van der Waals surface area contributed by atoms with E-state index in [1.165, 1.54) is 12.1 Å². The molecule has 0 unspecified atom stereocenters. The number of piperazine rings is 1. The first-order chi connectivity index (χ1) is 14.0. The number of para-hydroxylation sites is 1. The molecule has 2 heterocycles. The molecule has 9 heteroatoms. The number of hydrogen-bond donors (Lipinski definition) is 1. The van der Waals surface area contributed by atoms with Crippen LogP contribution in [0.2, 0.25) is 0 Å². The molecular formula is C20H19N7O2. The van der Waals surface area contributed by atoms with Crippen molar-refractivity contribution in [3.63, 3.8) is 0 Å². The summed E-state index contributed by atoms with van der Waals surface area (Å²) in [6.07, 6.45) is 0. The van der Waals surface area contributed by atoms with Gasteiger partial charge < -0.3 is 10.6 Å². The van der Waals surface area contributed by atoms with Gasteiger partial charge in [0.2, 0.25) is 0 Å². The summed E-state index contributed by atoms with van der Waals surface area (Å²) < 4.78 is 0. The van der Waals surface area contributed by atoms with Crippen LogP contribution in [0.25, 0.3) is 10.9 Å². The summed E-state index contributed by atoms with van der Waals surface area (Å²) in [5.41, 5.74) is 7.87. The maximum atomic E-state index is 10.9. The largest absolute Gasteiger partial charge is 0.383 e. The average molecular weight is 389 g/mol. The summed E-state index contributed by atoms with van der Waals surface area (Å²) in [6, 6.07) is 14.2. The Balaban J connectivity index is 1.45. The fraction of sp³-hybridized carbons (Fsp3) is 0.250. The molecule has 4 rings (SSSR count). The number of nitrogens with two attached hydrogens (primary N) is 1. The van der Waals surface area contributed by atoms with Gasteiger partial charge in [0, 0.05) is 43.7 Å². The predicted molar refractivity (Wildman–Crippen MR) is 109 cm³/mol. The van der Waals surface area contributed by atoms with Crippen LogP contribution in [0, 0.1) is 21.4 Å². The number of nitro groups is 1. The minimum absolute atomic E-state index is 0.0741. The van der Waals surface area contributed by atoms with Crippen LogP contribution >= 0.6 is 0 Å². The van der Waals surface area contributed by atoms with Gasteiger partial charge in [-0.15, -0.1) is 0 Å². The zero-order valence-corrected chi connectivity index (χ0v) is 15.7. The van der Waals surface area contributed by atoms with E-state index in [0.717, 1.165) is 29.7 Å². The van der Waals surface area contributed by atoms with Gasteiger partial charge in [0.1, 0.15) is 17.7 Å². The highest BCUT2D eigenvalue weighted by molar-refractivity contribution is 5.87. The number of hydrogen-bond acceptors (Lipinski definition) is 8. The lowest BCUT2D eigenvalue weighted by molar-refractivity contribution is -0.384. The number of anilines is 2. The number of fused-ring (bicyclic) bond motifs is 1. The van der Waals surface area contributed by atoms with Crippen molar-refractivity contribution in [3.05, 3.63) is 64.0 Å². The van der Waals surface area contributed by atoms with Crippen LogP contribution in [-0.4, -0.2) is 46.0 Å². The molecule has 1 fully saturated rings. The zero-order chi connectivity index (χ0) is 20.4. The smallest absolute Gasteiger partial charge is 0.270 e. The Bertz CT molecular complexity index is 1120.